The summed E-state index contributed by atoms with van der Waals surface area (Å²) in [5.74, 6) is -0.731. The number of nitrogen functional groups attached to an aromatic ring is 1. The number of nitrogens with two attached hydrogens (primary N) is 1. The molecule has 0 spiro atoms. The molecule has 104 valence electrons. The lowest BCUT2D eigenvalue weighted by Gasteiger charge is -2.09. The van der Waals surface area contributed by atoms with E-state index in [1.165, 1.54) is 25.4 Å². The smallest absolute Gasteiger partial charge is 0.340 e. The molecule has 0 amide bonds. The van der Waals surface area contributed by atoms with E-state index in [1.54, 1.807) is 12.1 Å². The quantitative estimate of drug-likeness (QED) is 0.840. The fourth-order valence-corrected chi connectivity index (χ4v) is 1.91. The van der Waals surface area contributed by atoms with E-state index in [0.717, 1.165) is 0 Å². The number of methoxy groups -OCH3 is 1. The van der Waals surface area contributed by atoms with E-state index in [4.69, 9.17) is 5.73 Å². The van der Waals surface area contributed by atoms with Crippen molar-refractivity contribution in [3.63, 3.8) is 0 Å². The number of halogens is 2. The third-order valence-electron chi connectivity index (χ3n) is 2.53. The zero-order valence-electron chi connectivity index (χ0n) is 10.5. The van der Waals surface area contributed by atoms with Gasteiger partial charge in [0, 0.05) is 4.47 Å². The van der Waals surface area contributed by atoms with Gasteiger partial charge in [-0.15, -0.1) is 0 Å². The number of rotatable bonds is 3. The number of carbonyl (C=O) groups is 1. The Morgan fingerprint density at radius 1 is 1.45 bits per heavy atom. The van der Waals surface area contributed by atoms with Gasteiger partial charge in [-0.05, 0) is 24.3 Å². The summed E-state index contributed by atoms with van der Waals surface area (Å²) in [7, 11) is 1.25. The van der Waals surface area contributed by atoms with Crippen LogP contribution in [0.15, 0.2) is 34.9 Å². The Balaban J connectivity index is 2.34. The van der Waals surface area contributed by atoms with Gasteiger partial charge in [-0.3, -0.25) is 0 Å². The Morgan fingerprint density at radius 3 is 2.90 bits per heavy atom. The largest absolute Gasteiger partial charge is 0.465 e. The molecule has 3 N–H and O–H groups in total. The Kier molecular flexibility index (Phi) is 4.19. The predicted molar refractivity (Wildman–Crippen MR) is 77.4 cm³/mol. The number of anilines is 3. The van der Waals surface area contributed by atoms with E-state index in [0.29, 0.717) is 4.47 Å². The number of ether oxygens (including phenoxy) is 1. The summed E-state index contributed by atoms with van der Waals surface area (Å²) in [5.41, 5.74) is 6.23. The van der Waals surface area contributed by atoms with Gasteiger partial charge in [-0.25, -0.2) is 14.2 Å². The second-order valence-corrected chi connectivity index (χ2v) is 4.81. The van der Waals surface area contributed by atoms with Crippen molar-refractivity contribution < 1.29 is 13.9 Å². The molecule has 0 atom stereocenters. The normalized spacial score (nSPS) is 10.2. The first-order valence-corrected chi connectivity index (χ1v) is 6.36. The highest BCUT2D eigenvalue weighted by molar-refractivity contribution is 9.10. The van der Waals surface area contributed by atoms with Crippen LogP contribution in [-0.2, 0) is 4.74 Å². The number of carbonyl (C=O) groups excluding carboxylic acids is 1. The van der Waals surface area contributed by atoms with Crippen LogP contribution < -0.4 is 11.1 Å². The second kappa shape index (κ2) is 5.87. The molecule has 0 bridgehead atoms. The summed E-state index contributed by atoms with van der Waals surface area (Å²) < 4.78 is 19.0. The Bertz CT molecular complexity index is 664. The minimum atomic E-state index is -0.581. The molecule has 0 saturated heterocycles. The first kappa shape index (κ1) is 14.3. The molecule has 0 saturated carbocycles. The van der Waals surface area contributed by atoms with Crippen molar-refractivity contribution in [1.29, 1.82) is 0 Å². The van der Waals surface area contributed by atoms with Crippen LogP contribution in [0.25, 0.3) is 0 Å². The number of benzene rings is 1. The Hall–Kier alpha value is -2.15. The van der Waals surface area contributed by atoms with E-state index in [1.807, 2.05) is 0 Å². The van der Waals surface area contributed by atoms with Crippen molar-refractivity contribution in [3.05, 3.63) is 46.3 Å². The Labute approximate surface area is 123 Å². The van der Waals surface area contributed by atoms with Gasteiger partial charge in [0.1, 0.15) is 11.6 Å². The van der Waals surface area contributed by atoms with Crippen LogP contribution in [0.4, 0.5) is 21.6 Å². The van der Waals surface area contributed by atoms with Gasteiger partial charge in [0.25, 0.3) is 0 Å². The van der Waals surface area contributed by atoms with Crippen LogP contribution in [0, 0.1) is 5.82 Å². The molecular formula is C13H11BrFN3O2. The van der Waals surface area contributed by atoms with Gasteiger partial charge in [-0.1, -0.05) is 15.9 Å². The monoisotopic (exact) mass is 339 g/mol. The predicted octanol–water partition coefficient (Wildman–Crippen LogP) is 3.10. The van der Waals surface area contributed by atoms with Crippen molar-refractivity contribution in [2.24, 2.45) is 0 Å². The van der Waals surface area contributed by atoms with Crippen molar-refractivity contribution >= 4 is 39.1 Å². The number of nitrogens with one attached hydrogen (secondary N) is 1. The van der Waals surface area contributed by atoms with Gasteiger partial charge in [0.15, 0.2) is 0 Å². The van der Waals surface area contributed by atoms with Crippen molar-refractivity contribution in [3.8, 4) is 0 Å². The first-order valence-electron chi connectivity index (χ1n) is 5.57. The molecule has 0 aliphatic carbocycles. The maximum Gasteiger partial charge on any atom is 0.340 e. The fourth-order valence-electron chi connectivity index (χ4n) is 1.55. The fraction of sp³-hybridized carbons (Fsp3) is 0.0769. The lowest BCUT2D eigenvalue weighted by molar-refractivity contribution is 0.0602. The van der Waals surface area contributed by atoms with E-state index in [9.17, 15) is 9.18 Å². The van der Waals surface area contributed by atoms with Crippen LogP contribution in [0.5, 0.6) is 0 Å². The summed E-state index contributed by atoms with van der Waals surface area (Å²) in [6.07, 6.45) is 1.31. The lowest BCUT2D eigenvalue weighted by Crippen LogP contribution is -2.07. The highest BCUT2D eigenvalue weighted by Gasteiger charge is 2.12. The third kappa shape index (κ3) is 3.05. The number of nitrogens with zero attached hydrogens (tertiary/aromatic N) is 1. The number of hydrogen-bond acceptors (Lipinski definition) is 5. The summed E-state index contributed by atoms with van der Waals surface area (Å²) in [5, 5.41) is 2.78. The number of aromatic nitrogens is 1. The molecule has 5 nitrogen and oxygen atoms in total. The maximum atomic E-state index is 13.6. The molecule has 0 aliphatic rings. The summed E-state index contributed by atoms with van der Waals surface area (Å²) in [6.45, 7) is 0. The molecule has 0 fully saturated rings. The molecule has 0 radical (unpaired) electrons. The van der Waals surface area contributed by atoms with Gasteiger partial charge < -0.3 is 15.8 Å². The highest BCUT2D eigenvalue weighted by Crippen LogP contribution is 2.24. The molecule has 1 heterocycles. The molecule has 2 rings (SSSR count). The maximum absolute atomic E-state index is 13.6. The minimum absolute atomic E-state index is 0.167. The summed E-state index contributed by atoms with van der Waals surface area (Å²) in [4.78, 5) is 15.5. The SMILES string of the molecule is COC(=O)c1cc(Nc2cc(Br)ccc2F)ncc1N. The molecule has 0 aliphatic heterocycles. The van der Waals surface area contributed by atoms with E-state index < -0.39 is 11.8 Å². The average Bonchev–Trinajstić information content (AvgIpc) is 2.44. The molecule has 2 aromatic rings. The second-order valence-electron chi connectivity index (χ2n) is 3.90. The van der Waals surface area contributed by atoms with Gasteiger partial charge in [-0.2, -0.15) is 0 Å². The van der Waals surface area contributed by atoms with Gasteiger partial charge >= 0.3 is 5.97 Å². The van der Waals surface area contributed by atoms with E-state index in [-0.39, 0.29) is 22.8 Å². The molecule has 7 heteroatoms. The highest BCUT2D eigenvalue weighted by atomic mass is 79.9. The van der Waals surface area contributed by atoms with Gasteiger partial charge in [0.05, 0.1) is 30.2 Å². The van der Waals surface area contributed by atoms with Crippen LogP contribution >= 0.6 is 15.9 Å². The van der Waals surface area contributed by atoms with E-state index >= 15 is 0 Å². The number of pyridine rings is 1. The first-order chi connectivity index (χ1) is 9.51. The number of esters is 1. The molecule has 20 heavy (non-hydrogen) atoms. The van der Waals surface area contributed by atoms with Crippen molar-refractivity contribution in [2.45, 2.75) is 0 Å². The van der Waals surface area contributed by atoms with Crippen molar-refractivity contribution in [2.75, 3.05) is 18.2 Å². The van der Waals surface area contributed by atoms with Crippen LogP contribution in [0.3, 0.4) is 0 Å². The Morgan fingerprint density at radius 2 is 2.20 bits per heavy atom. The summed E-state index contributed by atoms with van der Waals surface area (Å²) in [6, 6.07) is 5.86. The number of hydrogen-bond donors (Lipinski definition) is 2. The molecule has 0 unspecified atom stereocenters. The standard InChI is InChI=1S/C13H11BrFN3O2/c1-20-13(19)8-5-12(17-6-10(8)16)18-11-4-7(14)2-3-9(11)15/h2-6H,16H2,1H3,(H,17,18). The molecular weight excluding hydrogens is 329 g/mol. The van der Waals surface area contributed by atoms with Crippen molar-refractivity contribution in [1.82, 2.24) is 4.98 Å². The van der Waals surface area contributed by atoms with Crippen LogP contribution in [0.1, 0.15) is 10.4 Å². The van der Waals surface area contributed by atoms with Crippen LogP contribution in [-0.4, -0.2) is 18.1 Å². The zero-order chi connectivity index (χ0) is 14.7. The molecule has 1 aromatic heterocycles. The summed E-state index contributed by atoms with van der Waals surface area (Å²) >= 11 is 3.25. The lowest BCUT2D eigenvalue weighted by atomic mass is 10.2. The topological polar surface area (TPSA) is 77.2 Å². The van der Waals surface area contributed by atoms with Gasteiger partial charge in [0.2, 0.25) is 0 Å². The third-order valence-corrected chi connectivity index (χ3v) is 3.02. The minimum Gasteiger partial charge on any atom is -0.465 e. The van der Waals surface area contributed by atoms with E-state index in [2.05, 4.69) is 31.0 Å². The average molecular weight is 340 g/mol. The van der Waals surface area contributed by atoms with Crippen LogP contribution in [0.2, 0.25) is 0 Å². The molecule has 1 aromatic carbocycles. The zero-order valence-corrected chi connectivity index (χ0v) is 12.1.